The molecule has 176 valence electrons. The number of hydrogen-bond donors (Lipinski definition) is 1. The molecule has 7 heteroatoms. The number of carbonyl (C=O) groups excluding carboxylic acids is 2. The van der Waals surface area contributed by atoms with Gasteiger partial charge in [0, 0.05) is 30.2 Å². The second-order valence-corrected chi connectivity index (χ2v) is 8.99. The van der Waals surface area contributed by atoms with Gasteiger partial charge in [-0.2, -0.15) is 0 Å². The van der Waals surface area contributed by atoms with Crippen LogP contribution in [0.15, 0.2) is 72.8 Å². The van der Waals surface area contributed by atoms with Crippen molar-refractivity contribution in [3.8, 4) is 5.75 Å². The first-order valence-electron chi connectivity index (χ1n) is 11.7. The van der Waals surface area contributed by atoms with Gasteiger partial charge in [-0.05, 0) is 54.4 Å². The van der Waals surface area contributed by atoms with Crippen LogP contribution in [0.5, 0.6) is 5.75 Å². The van der Waals surface area contributed by atoms with Crippen molar-refractivity contribution >= 4 is 34.1 Å². The number of aromatic nitrogens is 1. The van der Waals surface area contributed by atoms with E-state index < -0.39 is 0 Å². The van der Waals surface area contributed by atoms with Gasteiger partial charge in [-0.3, -0.25) is 9.59 Å². The normalized spacial score (nSPS) is 16.5. The zero-order chi connectivity index (χ0) is 24.1. The van der Waals surface area contributed by atoms with Gasteiger partial charge in [-0.15, -0.1) is 0 Å². The fourth-order valence-electron chi connectivity index (χ4n) is 5.50. The number of ether oxygens (including phenoxy) is 1. The van der Waals surface area contributed by atoms with Crippen LogP contribution in [0.25, 0.3) is 10.9 Å². The molecule has 1 N–H and O–H groups in total. The number of fused-ring (bicyclic) bond motifs is 6. The third-order valence-corrected chi connectivity index (χ3v) is 7.08. The summed E-state index contributed by atoms with van der Waals surface area (Å²) in [6.45, 7) is 0.789. The van der Waals surface area contributed by atoms with Crippen LogP contribution in [0.1, 0.15) is 27.8 Å². The van der Waals surface area contributed by atoms with Crippen molar-refractivity contribution in [1.29, 1.82) is 0 Å². The lowest BCUT2D eigenvalue weighted by molar-refractivity contribution is -0.116. The van der Waals surface area contributed by atoms with Gasteiger partial charge in [0.1, 0.15) is 18.5 Å². The summed E-state index contributed by atoms with van der Waals surface area (Å²) >= 11 is 0. The van der Waals surface area contributed by atoms with E-state index in [0.717, 1.165) is 40.0 Å². The lowest BCUT2D eigenvalue weighted by atomic mass is 9.96. The molecular weight excluding hydrogens is 440 g/mol. The van der Waals surface area contributed by atoms with Crippen LogP contribution < -0.4 is 15.0 Å². The molecule has 0 saturated carbocycles. The number of para-hydroxylation sites is 2. The van der Waals surface area contributed by atoms with E-state index in [9.17, 15) is 9.59 Å². The van der Waals surface area contributed by atoms with Gasteiger partial charge in [0.05, 0.1) is 24.1 Å². The fraction of sp³-hybridized carbons (Fsp3) is 0.214. The van der Waals surface area contributed by atoms with Crippen LogP contribution in [0, 0.1) is 0 Å². The van der Waals surface area contributed by atoms with Crippen molar-refractivity contribution in [2.45, 2.75) is 19.1 Å². The second-order valence-electron chi connectivity index (χ2n) is 8.99. The molecule has 2 aliphatic rings. The Hall–Kier alpha value is -4.26. The molecule has 7 nitrogen and oxygen atoms in total. The van der Waals surface area contributed by atoms with Crippen molar-refractivity contribution in [2.24, 2.45) is 0 Å². The molecule has 1 aromatic heterocycles. The Kier molecular flexibility index (Phi) is 4.99. The van der Waals surface area contributed by atoms with Crippen molar-refractivity contribution in [3.63, 3.8) is 0 Å². The minimum atomic E-state index is -0.276. The zero-order valence-electron chi connectivity index (χ0n) is 19.7. The van der Waals surface area contributed by atoms with E-state index >= 15 is 0 Å². The molecule has 2 aliphatic heterocycles. The lowest BCUT2D eigenvalue weighted by Crippen LogP contribution is -2.51. The van der Waals surface area contributed by atoms with Gasteiger partial charge in [0.15, 0.2) is 0 Å². The number of anilines is 2. The molecule has 0 radical (unpaired) electrons. The summed E-state index contributed by atoms with van der Waals surface area (Å²) in [4.78, 5) is 30.7. The molecule has 35 heavy (non-hydrogen) atoms. The number of nitrogens with zero attached hydrogens (tertiary/aromatic N) is 3. The third kappa shape index (κ3) is 3.34. The van der Waals surface area contributed by atoms with Gasteiger partial charge in [0.2, 0.25) is 5.91 Å². The number of amides is 2. The molecule has 0 aliphatic carbocycles. The maximum Gasteiger partial charge on any atom is 0.257 e. The maximum atomic E-state index is 13.4. The van der Waals surface area contributed by atoms with Gasteiger partial charge < -0.3 is 24.4 Å². The van der Waals surface area contributed by atoms with Crippen molar-refractivity contribution in [2.75, 3.05) is 30.9 Å². The molecule has 1 atom stereocenters. The quantitative estimate of drug-likeness (QED) is 0.483. The summed E-state index contributed by atoms with van der Waals surface area (Å²) in [5.74, 6) is 0.647. The zero-order valence-corrected chi connectivity index (χ0v) is 19.7. The Morgan fingerprint density at radius 2 is 1.77 bits per heavy atom. The topological polar surface area (TPSA) is 66.8 Å². The van der Waals surface area contributed by atoms with Crippen molar-refractivity contribution < 1.29 is 14.3 Å². The van der Waals surface area contributed by atoms with Crippen LogP contribution in [0.3, 0.4) is 0 Å². The molecular formula is C28H26N4O3. The Bertz CT molecular complexity index is 1460. The first-order valence-corrected chi connectivity index (χ1v) is 11.7. The summed E-state index contributed by atoms with van der Waals surface area (Å²) < 4.78 is 7.29. The van der Waals surface area contributed by atoms with E-state index in [-0.39, 0.29) is 24.5 Å². The lowest BCUT2D eigenvalue weighted by Gasteiger charge is -2.46. The average molecular weight is 467 g/mol. The Balaban J connectivity index is 1.42. The van der Waals surface area contributed by atoms with E-state index in [1.54, 1.807) is 7.11 Å². The summed E-state index contributed by atoms with van der Waals surface area (Å²) in [5.41, 5.74) is 5.55. The fourth-order valence-corrected chi connectivity index (χ4v) is 5.50. The van der Waals surface area contributed by atoms with Gasteiger partial charge >= 0.3 is 0 Å². The number of nitrogens with one attached hydrogen (secondary N) is 1. The SMILES string of the molecule is COc1ccc(NC(=O)Cn2c3c(c4ccccc42)CCN2C(=O)c4ccccc4N(C)C32)cc1. The summed E-state index contributed by atoms with van der Waals surface area (Å²) in [6, 6.07) is 23.2. The van der Waals surface area contributed by atoms with E-state index in [1.165, 1.54) is 5.56 Å². The largest absolute Gasteiger partial charge is 0.497 e. The average Bonchev–Trinajstić information content (AvgIpc) is 3.21. The van der Waals surface area contributed by atoms with Gasteiger partial charge in [-0.1, -0.05) is 30.3 Å². The number of methoxy groups -OCH3 is 1. The van der Waals surface area contributed by atoms with Crippen LogP contribution in [0.4, 0.5) is 11.4 Å². The molecule has 3 aromatic carbocycles. The second kappa shape index (κ2) is 8.20. The van der Waals surface area contributed by atoms with Crippen LogP contribution in [-0.2, 0) is 17.8 Å². The third-order valence-electron chi connectivity index (χ3n) is 7.08. The summed E-state index contributed by atoms with van der Waals surface area (Å²) in [7, 11) is 3.64. The molecule has 0 bridgehead atoms. The summed E-state index contributed by atoms with van der Waals surface area (Å²) in [5, 5.41) is 4.14. The molecule has 2 amide bonds. The predicted molar refractivity (Wildman–Crippen MR) is 136 cm³/mol. The Morgan fingerprint density at radius 1 is 1.03 bits per heavy atom. The highest BCUT2D eigenvalue weighted by molar-refractivity contribution is 6.03. The van der Waals surface area contributed by atoms with Crippen molar-refractivity contribution in [1.82, 2.24) is 9.47 Å². The highest BCUT2D eigenvalue weighted by atomic mass is 16.5. The van der Waals surface area contributed by atoms with Crippen LogP contribution in [-0.4, -0.2) is 42.0 Å². The van der Waals surface area contributed by atoms with Crippen LogP contribution >= 0.6 is 0 Å². The minimum Gasteiger partial charge on any atom is -0.497 e. The monoisotopic (exact) mass is 466 g/mol. The predicted octanol–water partition coefficient (Wildman–Crippen LogP) is 4.44. The minimum absolute atomic E-state index is 0.0360. The summed E-state index contributed by atoms with van der Waals surface area (Å²) in [6.07, 6.45) is 0.476. The molecule has 1 unspecified atom stereocenters. The van der Waals surface area contributed by atoms with Crippen LogP contribution in [0.2, 0.25) is 0 Å². The number of hydrogen-bond acceptors (Lipinski definition) is 4. The van der Waals surface area contributed by atoms with E-state index in [4.69, 9.17) is 4.74 Å². The maximum absolute atomic E-state index is 13.4. The van der Waals surface area contributed by atoms with E-state index in [1.807, 2.05) is 72.6 Å². The Labute approximate surface area is 203 Å². The molecule has 4 aromatic rings. The smallest absolute Gasteiger partial charge is 0.257 e. The van der Waals surface area contributed by atoms with E-state index in [2.05, 4.69) is 26.9 Å². The standard InChI is InChI=1S/C28H26N4O3/c1-30-23-9-5-4-8-22(23)28(34)31-16-15-21-20-7-3-6-10-24(20)32(26(21)27(30)31)17-25(33)29-18-11-13-19(35-2)14-12-18/h3-14,27H,15-17H2,1-2H3,(H,29,33). The molecule has 3 heterocycles. The number of carbonyl (C=O) groups is 2. The first kappa shape index (κ1) is 21.3. The highest BCUT2D eigenvalue weighted by Gasteiger charge is 2.42. The number of benzene rings is 3. The highest BCUT2D eigenvalue weighted by Crippen LogP contribution is 2.44. The molecule has 0 fully saturated rings. The molecule has 0 saturated heterocycles. The first-order chi connectivity index (χ1) is 17.1. The molecule has 6 rings (SSSR count). The number of rotatable bonds is 4. The Morgan fingerprint density at radius 3 is 2.57 bits per heavy atom. The van der Waals surface area contributed by atoms with E-state index in [0.29, 0.717) is 12.2 Å². The van der Waals surface area contributed by atoms with Gasteiger partial charge in [-0.25, -0.2) is 0 Å². The van der Waals surface area contributed by atoms with Gasteiger partial charge in [0.25, 0.3) is 5.91 Å². The molecule has 0 spiro atoms. The van der Waals surface area contributed by atoms with Crippen molar-refractivity contribution in [3.05, 3.63) is 89.6 Å².